The van der Waals surface area contributed by atoms with Gasteiger partial charge in [-0.3, -0.25) is 4.79 Å². The summed E-state index contributed by atoms with van der Waals surface area (Å²) in [6.45, 7) is 2.97. The molecular formula is C24H24ClNO6S. The molecule has 0 bridgehead atoms. The van der Waals surface area contributed by atoms with E-state index in [0.29, 0.717) is 24.3 Å². The second kappa shape index (κ2) is 9.99. The van der Waals surface area contributed by atoms with Gasteiger partial charge in [-0.25, -0.2) is 0 Å². The van der Waals surface area contributed by atoms with Crippen molar-refractivity contribution in [3.63, 3.8) is 0 Å². The zero-order chi connectivity index (χ0) is 23.4. The minimum Gasteiger partial charge on any atom is -0.459 e. The minimum atomic E-state index is -4.14. The number of halogens is 1. The van der Waals surface area contributed by atoms with Crippen molar-refractivity contribution in [3.8, 4) is 5.75 Å². The number of furan rings is 1. The average molecular weight is 490 g/mol. The monoisotopic (exact) mass is 489 g/mol. The van der Waals surface area contributed by atoms with E-state index in [9.17, 15) is 13.2 Å². The van der Waals surface area contributed by atoms with Gasteiger partial charge in [0.25, 0.3) is 5.91 Å². The molecule has 4 rings (SSSR count). The molecule has 0 radical (unpaired) electrons. The Morgan fingerprint density at radius 1 is 1.18 bits per heavy atom. The van der Waals surface area contributed by atoms with Gasteiger partial charge < -0.3 is 18.2 Å². The summed E-state index contributed by atoms with van der Waals surface area (Å²) in [6.07, 6.45) is 3.23. The number of benzene rings is 2. The van der Waals surface area contributed by atoms with Crippen LogP contribution in [0.15, 0.2) is 70.2 Å². The molecule has 1 aliphatic rings. The van der Waals surface area contributed by atoms with Crippen molar-refractivity contribution in [2.75, 3.05) is 13.2 Å². The molecule has 2 heterocycles. The number of ether oxygens (including phenoxy) is 1. The lowest BCUT2D eigenvalue weighted by atomic mass is 10.1. The van der Waals surface area contributed by atoms with Crippen LogP contribution in [-0.4, -0.2) is 38.5 Å². The van der Waals surface area contributed by atoms with Crippen molar-refractivity contribution in [2.45, 2.75) is 37.3 Å². The molecule has 7 nitrogen and oxygen atoms in total. The predicted octanol–water partition coefficient (Wildman–Crippen LogP) is 4.83. The molecule has 0 N–H and O–H groups in total. The molecule has 0 saturated carbocycles. The molecule has 2 aromatic carbocycles. The summed E-state index contributed by atoms with van der Waals surface area (Å²) in [5.41, 5.74) is 1.20. The van der Waals surface area contributed by atoms with E-state index in [4.69, 9.17) is 24.9 Å². The second-order valence-corrected chi connectivity index (χ2v) is 9.76. The Morgan fingerprint density at radius 3 is 2.70 bits per heavy atom. The standard InChI is InChI=1S/C24H24ClNO6S/c1-17-6-2-10-21(25)23(17)33(28,29)32-19-8-3-7-18(14-19)15-26(16-20-9-4-12-30-20)24(27)22-11-5-13-31-22/h2-3,5-8,10-11,13-14,20H,4,9,12,15-16H2,1H3/t20-/m0/s1. The van der Waals surface area contributed by atoms with Gasteiger partial charge in [-0.15, -0.1) is 0 Å². The molecule has 0 aliphatic carbocycles. The molecule has 1 fully saturated rings. The molecule has 1 amide bonds. The Balaban J connectivity index is 1.55. The third-order valence-electron chi connectivity index (χ3n) is 5.36. The van der Waals surface area contributed by atoms with Crippen LogP contribution in [0.25, 0.3) is 0 Å². The largest absolute Gasteiger partial charge is 0.459 e. The number of carbonyl (C=O) groups excluding carboxylic acids is 1. The van der Waals surface area contributed by atoms with E-state index in [-0.39, 0.29) is 40.0 Å². The Kier molecular flexibility index (Phi) is 7.07. The summed E-state index contributed by atoms with van der Waals surface area (Å²) >= 11 is 6.12. The highest BCUT2D eigenvalue weighted by Gasteiger charge is 2.26. The van der Waals surface area contributed by atoms with Gasteiger partial charge in [0.2, 0.25) is 0 Å². The van der Waals surface area contributed by atoms with Crippen LogP contribution in [0.2, 0.25) is 5.02 Å². The van der Waals surface area contributed by atoms with Crippen molar-refractivity contribution >= 4 is 27.6 Å². The van der Waals surface area contributed by atoms with Gasteiger partial charge in [0.1, 0.15) is 10.6 Å². The lowest BCUT2D eigenvalue weighted by Crippen LogP contribution is -2.36. The Bertz CT molecular complexity index is 1200. The van der Waals surface area contributed by atoms with Crippen molar-refractivity contribution in [3.05, 3.63) is 82.8 Å². The minimum absolute atomic E-state index is 0.0491. The maximum atomic E-state index is 13.0. The molecule has 0 unspecified atom stereocenters. The SMILES string of the molecule is Cc1cccc(Cl)c1S(=O)(=O)Oc1cccc(CN(C[C@@H]2CCCO2)C(=O)c2ccco2)c1. The van der Waals surface area contributed by atoms with E-state index >= 15 is 0 Å². The molecule has 1 aromatic heterocycles. The molecule has 33 heavy (non-hydrogen) atoms. The fraction of sp³-hybridized carbons (Fsp3) is 0.292. The summed E-state index contributed by atoms with van der Waals surface area (Å²) < 4.78 is 42.1. The first-order valence-electron chi connectivity index (χ1n) is 10.6. The fourth-order valence-electron chi connectivity index (χ4n) is 3.83. The van der Waals surface area contributed by atoms with Crippen molar-refractivity contribution in [2.24, 2.45) is 0 Å². The number of aryl methyl sites for hydroxylation is 1. The highest BCUT2D eigenvalue weighted by atomic mass is 35.5. The molecule has 1 saturated heterocycles. The normalized spacial score (nSPS) is 16.0. The van der Waals surface area contributed by atoms with E-state index in [0.717, 1.165) is 12.8 Å². The molecule has 0 spiro atoms. The van der Waals surface area contributed by atoms with Gasteiger partial charge in [-0.05, 0) is 61.2 Å². The summed E-state index contributed by atoms with van der Waals surface area (Å²) in [4.78, 5) is 14.6. The Labute approximate surface area is 198 Å². The highest BCUT2D eigenvalue weighted by Crippen LogP contribution is 2.28. The first-order chi connectivity index (χ1) is 15.8. The maximum Gasteiger partial charge on any atom is 0.340 e. The number of hydrogen-bond acceptors (Lipinski definition) is 6. The van der Waals surface area contributed by atoms with Crippen LogP contribution in [0, 0.1) is 6.92 Å². The maximum absolute atomic E-state index is 13.0. The van der Waals surface area contributed by atoms with Gasteiger partial charge in [0.05, 0.1) is 17.4 Å². The van der Waals surface area contributed by atoms with Crippen molar-refractivity contribution in [1.82, 2.24) is 4.90 Å². The summed E-state index contributed by atoms with van der Waals surface area (Å²) in [5, 5.41) is 0.0953. The Hall–Kier alpha value is -2.81. The zero-order valence-corrected chi connectivity index (χ0v) is 19.6. The Morgan fingerprint density at radius 2 is 2.00 bits per heavy atom. The van der Waals surface area contributed by atoms with E-state index in [1.165, 1.54) is 12.3 Å². The van der Waals surface area contributed by atoms with Gasteiger partial charge in [-0.2, -0.15) is 8.42 Å². The van der Waals surface area contributed by atoms with Crippen LogP contribution in [0.5, 0.6) is 5.75 Å². The van der Waals surface area contributed by atoms with E-state index < -0.39 is 10.1 Å². The smallest absolute Gasteiger partial charge is 0.340 e. The van der Waals surface area contributed by atoms with Crippen LogP contribution in [0.1, 0.15) is 34.5 Å². The average Bonchev–Trinajstić information content (AvgIpc) is 3.47. The highest BCUT2D eigenvalue weighted by molar-refractivity contribution is 7.87. The van der Waals surface area contributed by atoms with E-state index in [2.05, 4.69) is 0 Å². The van der Waals surface area contributed by atoms with Crippen LogP contribution in [0.4, 0.5) is 0 Å². The van der Waals surface area contributed by atoms with Gasteiger partial charge in [0, 0.05) is 19.7 Å². The molecular weight excluding hydrogens is 466 g/mol. The quantitative estimate of drug-likeness (QED) is 0.421. The fourth-order valence-corrected chi connectivity index (χ4v) is 5.54. The van der Waals surface area contributed by atoms with Crippen LogP contribution in [0.3, 0.4) is 0 Å². The topological polar surface area (TPSA) is 86.0 Å². The molecule has 1 aliphatic heterocycles. The van der Waals surface area contributed by atoms with E-state index in [1.807, 2.05) is 0 Å². The van der Waals surface area contributed by atoms with Crippen LogP contribution < -0.4 is 4.18 Å². The predicted molar refractivity (Wildman–Crippen MR) is 123 cm³/mol. The number of hydrogen-bond donors (Lipinski definition) is 0. The molecule has 9 heteroatoms. The van der Waals surface area contributed by atoms with Crippen LogP contribution >= 0.6 is 11.6 Å². The molecule has 3 aromatic rings. The van der Waals surface area contributed by atoms with Gasteiger partial charge >= 0.3 is 10.1 Å². The summed E-state index contributed by atoms with van der Waals surface area (Å²) in [6, 6.07) is 14.7. The summed E-state index contributed by atoms with van der Waals surface area (Å²) in [7, 11) is -4.14. The lowest BCUT2D eigenvalue weighted by molar-refractivity contribution is 0.0484. The van der Waals surface area contributed by atoms with Crippen molar-refractivity contribution in [1.29, 1.82) is 0 Å². The van der Waals surface area contributed by atoms with Crippen molar-refractivity contribution < 1.29 is 26.5 Å². The third kappa shape index (κ3) is 5.58. The molecule has 1 atom stereocenters. The molecule has 174 valence electrons. The van der Waals surface area contributed by atoms with Gasteiger partial charge in [0.15, 0.2) is 5.76 Å². The number of nitrogens with zero attached hydrogens (tertiary/aromatic N) is 1. The van der Waals surface area contributed by atoms with Crippen LogP contribution in [-0.2, 0) is 21.4 Å². The number of carbonyl (C=O) groups is 1. The lowest BCUT2D eigenvalue weighted by Gasteiger charge is -2.25. The summed E-state index contributed by atoms with van der Waals surface area (Å²) in [5.74, 6) is 0.104. The zero-order valence-electron chi connectivity index (χ0n) is 18.1. The first-order valence-corrected chi connectivity index (χ1v) is 12.3. The van der Waals surface area contributed by atoms with Gasteiger partial charge in [-0.1, -0.05) is 35.9 Å². The van der Waals surface area contributed by atoms with E-state index in [1.54, 1.807) is 60.4 Å². The number of amides is 1. The second-order valence-electron chi connectivity index (χ2n) is 7.87. The first kappa shape index (κ1) is 23.4. The number of rotatable bonds is 8. The third-order valence-corrected chi connectivity index (χ3v) is 7.24.